The van der Waals surface area contributed by atoms with E-state index < -0.39 is 24.0 Å². The third-order valence-corrected chi connectivity index (χ3v) is 3.88. The van der Waals surface area contributed by atoms with Gasteiger partial charge in [-0.05, 0) is 30.3 Å². The third kappa shape index (κ3) is 3.13. The summed E-state index contributed by atoms with van der Waals surface area (Å²) in [5.74, 6) is -1.17. The van der Waals surface area contributed by atoms with Crippen LogP contribution in [0, 0.1) is 5.82 Å². The van der Waals surface area contributed by atoms with Gasteiger partial charge < -0.3 is 10.4 Å². The van der Waals surface area contributed by atoms with Crippen LogP contribution >= 0.6 is 15.9 Å². The molecule has 0 radical (unpaired) electrons. The van der Waals surface area contributed by atoms with Crippen LogP contribution in [0.1, 0.15) is 11.1 Å². The van der Waals surface area contributed by atoms with E-state index in [1.807, 2.05) is 5.32 Å². The van der Waals surface area contributed by atoms with Crippen LogP contribution in [0.25, 0.3) is 0 Å². The molecule has 0 saturated heterocycles. The van der Waals surface area contributed by atoms with Crippen molar-refractivity contribution in [2.24, 2.45) is 4.99 Å². The summed E-state index contributed by atoms with van der Waals surface area (Å²) in [5, 5.41) is 13.5. The van der Waals surface area contributed by atoms with Crippen molar-refractivity contribution in [3.8, 4) is 0 Å². The fourth-order valence-corrected chi connectivity index (χ4v) is 2.72. The van der Waals surface area contributed by atoms with Crippen molar-refractivity contribution in [2.75, 3.05) is 5.32 Å². The maximum atomic E-state index is 14.3. The predicted molar refractivity (Wildman–Crippen MR) is 89.8 cm³/mol. The summed E-state index contributed by atoms with van der Waals surface area (Å²) in [7, 11) is 0. The molecule has 3 rings (SSSR count). The van der Waals surface area contributed by atoms with Crippen LogP contribution in [-0.2, 0) is 4.79 Å². The van der Waals surface area contributed by atoms with E-state index in [4.69, 9.17) is 5.11 Å². The van der Waals surface area contributed by atoms with E-state index in [9.17, 15) is 14.0 Å². The summed E-state index contributed by atoms with van der Waals surface area (Å²) < 4.78 is 15.0. The van der Waals surface area contributed by atoms with Crippen molar-refractivity contribution in [2.45, 2.75) is 6.17 Å². The lowest BCUT2D eigenvalue weighted by atomic mass is 10.0. The van der Waals surface area contributed by atoms with Gasteiger partial charge in [0.25, 0.3) is 5.91 Å². The molecule has 6 nitrogen and oxygen atoms in total. The molecule has 8 heteroatoms. The molecule has 0 fully saturated rings. The first-order chi connectivity index (χ1) is 11.5. The standard InChI is InChI=1S/C16H11BrFN3O3/c17-8-5-6-12-10(7-8)13(9-3-1-2-4-11(9)18)20-14(15(22)19-12)21-16(23)24/h1-7,14,21H,(H,19,22)(H,23,24). The SMILES string of the molecule is O=C(O)NC1N=C(c2ccccc2F)c2cc(Br)ccc2NC1=O. The normalized spacial score (nSPS) is 16.5. The van der Waals surface area contributed by atoms with Crippen molar-refractivity contribution in [3.63, 3.8) is 0 Å². The number of nitrogens with zero attached hydrogens (tertiary/aromatic N) is 1. The number of carbonyl (C=O) groups excluding carboxylic acids is 1. The first-order valence-corrected chi connectivity index (χ1v) is 7.68. The molecule has 1 aliphatic heterocycles. The van der Waals surface area contributed by atoms with Gasteiger partial charge in [-0.1, -0.05) is 28.1 Å². The van der Waals surface area contributed by atoms with Crippen LogP contribution in [0.5, 0.6) is 0 Å². The monoisotopic (exact) mass is 391 g/mol. The van der Waals surface area contributed by atoms with E-state index in [2.05, 4.69) is 26.2 Å². The molecule has 0 bridgehead atoms. The highest BCUT2D eigenvalue weighted by Gasteiger charge is 2.28. The zero-order valence-corrected chi connectivity index (χ0v) is 13.7. The first kappa shape index (κ1) is 16.1. The molecular weight excluding hydrogens is 381 g/mol. The molecule has 1 aliphatic rings. The number of rotatable bonds is 2. The van der Waals surface area contributed by atoms with Crippen molar-refractivity contribution in [1.29, 1.82) is 0 Å². The lowest BCUT2D eigenvalue weighted by Crippen LogP contribution is -2.41. The van der Waals surface area contributed by atoms with Crippen LogP contribution in [0.15, 0.2) is 51.9 Å². The molecule has 2 aromatic carbocycles. The first-order valence-electron chi connectivity index (χ1n) is 6.88. The summed E-state index contributed by atoms with van der Waals surface area (Å²) in [6.07, 6.45) is -2.79. The lowest BCUT2D eigenvalue weighted by molar-refractivity contribution is -0.117. The number of benzodiazepines with no additional fused rings is 1. The largest absolute Gasteiger partial charge is 0.465 e. The van der Waals surface area contributed by atoms with E-state index in [1.165, 1.54) is 18.2 Å². The summed E-state index contributed by atoms with van der Waals surface area (Å²) in [6, 6.07) is 11.0. The average Bonchev–Trinajstić information content (AvgIpc) is 2.65. The fraction of sp³-hybridized carbons (Fsp3) is 0.0625. The fourth-order valence-electron chi connectivity index (χ4n) is 2.36. The Balaban J connectivity index is 2.23. The van der Waals surface area contributed by atoms with E-state index in [1.54, 1.807) is 24.3 Å². The number of fused-ring (bicyclic) bond motifs is 1. The molecule has 0 saturated carbocycles. The predicted octanol–water partition coefficient (Wildman–Crippen LogP) is 2.97. The van der Waals surface area contributed by atoms with Gasteiger partial charge in [0.05, 0.1) is 11.4 Å². The smallest absolute Gasteiger partial charge is 0.406 e. The molecule has 0 aromatic heterocycles. The topological polar surface area (TPSA) is 90.8 Å². The molecule has 1 atom stereocenters. The molecule has 0 spiro atoms. The molecule has 0 aliphatic carbocycles. The van der Waals surface area contributed by atoms with Crippen LogP contribution < -0.4 is 10.6 Å². The molecule has 24 heavy (non-hydrogen) atoms. The number of anilines is 1. The Labute approximate surface area is 144 Å². The van der Waals surface area contributed by atoms with Crippen molar-refractivity contribution < 1.29 is 19.1 Å². The van der Waals surface area contributed by atoms with Crippen LogP contribution in [0.3, 0.4) is 0 Å². The number of carboxylic acid groups (broad SMARTS) is 1. The maximum Gasteiger partial charge on any atom is 0.406 e. The Morgan fingerprint density at radius 3 is 2.71 bits per heavy atom. The van der Waals surface area contributed by atoms with Gasteiger partial charge in [0.15, 0.2) is 0 Å². The Hall–Kier alpha value is -2.74. The van der Waals surface area contributed by atoms with E-state index in [0.29, 0.717) is 15.7 Å². The second kappa shape index (κ2) is 6.40. The summed E-state index contributed by atoms with van der Waals surface area (Å²) in [4.78, 5) is 27.3. The van der Waals surface area contributed by atoms with E-state index in [-0.39, 0.29) is 11.3 Å². The van der Waals surface area contributed by atoms with E-state index in [0.717, 1.165) is 0 Å². The molecular formula is C16H11BrFN3O3. The van der Waals surface area contributed by atoms with Crippen LogP contribution in [0.2, 0.25) is 0 Å². The van der Waals surface area contributed by atoms with Gasteiger partial charge in [0, 0.05) is 15.6 Å². The summed E-state index contributed by atoms with van der Waals surface area (Å²) >= 11 is 3.33. The number of amides is 2. The number of benzene rings is 2. The van der Waals surface area contributed by atoms with Crippen LogP contribution in [-0.4, -0.2) is 29.0 Å². The minimum Gasteiger partial charge on any atom is -0.465 e. The van der Waals surface area contributed by atoms with Gasteiger partial charge in [0.1, 0.15) is 5.82 Å². The Morgan fingerprint density at radius 1 is 1.25 bits per heavy atom. The van der Waals surface area contributed by atoms with Gasteiger partial charge in [-0.3, -0.25) is 10.1 Å². The molecule has 1 unspecified atom stereocenters. The van der Waals surface area contributed by atoms with Crippen molar-refractivity contribution in [3.05, 3.63) is 63.9 Å². The quantitative estimate of drug-likeness (QED) is 0.734. The minimum absolute atomic E-state index is 0.172. The third-order valence-electron chi connectivity index (χ3n) is 3.39. The number of carbonyl (C=O) groups is 2. The molecule has 2 amide bonds. The molecule has 3 N–H and O–H groups in total. The second-order valence-corrected chi connectivity index (χ2v) is 5.90. The van der Waals surface area contributed by atoms with Crippen molar-refractivity contribution >= 4 is 39.3 Å². The van der Waals surface area contributed by atoms with Gasteiger partial charge >= 0.3 is 6.09 Å². The van der Waals surface area contributed by atoms with Crippen LogP contribution in [0.4, 0.5) is 14.9 Å². The molecule has 1 heterocycles. The number of hydrogen-bond donors (Lipinski definition) is 3. The number of halogens is 2. The average molecular weight is 392 g/mol. The molecule has 122 valence electrons. The second-order valence-electron chi connectivity index (χ2n) is 4.99. The maximum absolute atomic E-state index is 14.3. The number of aliphatic imine (C=N–C) groups is 1. The Kier molecular flexibility index (Phi) is 4.30. The summed E-state index contributed by atoms with van der Waals surface area (Å²) in [5.41, 5.74) is 1.25. The minimum atomic E-state index is -1.40. The number of nitrogens with one attached hydrogen (secondary N) is 2. The number of hydrogen-bond acceptors (Lipinski definition) is 3. The van der Waals surface area contributed by atoms with Crippen molar-refractivity contribution in [1.82, 2.24) is 5.32 Å². The van der Waals surface area contributed by atoms with E-state index >= 15 is 0 Å². The summed E-state index contributed by atoms with van der Waals surface area (Å²) in [6.45, 7) is 0. The Bertz CT molecular complexity index is 869. The van der Waals surface area contributed by atoms with Gasteiger partial charge in [-0.25, -0.2) is 14.2 Å². The van der Waals surface area contributed by atoms with Gasteiger partial charge in [-0.15, -0.1) is 0 Å². The Morgan fingerprint density at radius 2 is 2.00 bits per heavy atom. The highest BCUT2D eigenvalue weighted by molar-refractivity contribution is 9.10. The van der Waals surface area contributed by atoms with Gasteiger partial charge in [-0.2, -0.15) is 0 Å². The molecule has 2 aromatic rings. The lowest BCUT2D eigenvalue weighted by Gasteiger charge is -2.11. The van der Waals surface area contributed by atoms with Gasteiger partial charge in [0.2, 0.25) is 6.17 Å². The highest BCUT2D eigenvalue weighted by atomic mass is 79.9. The zero-order chi connectivity index (χ0) is 17.3. The highest BCUT2D eigenvalue weighted by Crippen LogP contribution is 2.28. The zero-order valence-electron chi connectivity index (χ0n) is 12.1.